The van der Waals surface area contributed by atoms with E-state index in [1.54, 1.807) is 42.8 Å². The number of halogens is 2. The van der Waals surface area contributed by atoms with E-state index in [-0.39, 0.29) is 5.82 Å². The van der Waals surface area contributed by atoms with Gasteiger partial charge in [0.15, 0.2) is 0 Å². The number of alkyl halides is 1. The number of nitrogens with zero attached hydrogens (tertiary/aromatic N) is 2. The van der Waals surface area contributed by atoms with Gasteiger partial charge < -0.3 is 0 Å². The minimum atomic E-state index is -0.214. The fourth-order valence-corrected chi connectivity index (χ4v) is 3.29. The minimum absolute atomic E-state index is 0.214. The molecule has 0 fully saturated rings. The van der Waals surface area contributed by atoms with Crippen molar-refractivity contribution in [1.82, 2.24) is 9.97 Å². The standard InChI is InChI=1S/C16H12ClFN2S/c1-10-7-11(4-5-13(10)18)15-14(8-17)21-16(20-15)12-3-2-6-19-9-12/h2-7,9H,8H2,1H3. The Bertz CT molecular complexity index is 771. The van der Waals surface area contributed by atoms with Crippen molar-refractivity contribution in [3.8, 4) is 21.8 Å². The Morgan fingerprint density at radius 3 is 2.76 bits per heavy atom. The predicted octanol–water partition coefficient (Wildman–Crippen LogP) is 5.06. The number of benzene rings is 1. The van der Waals surface area contributed by atoms with Crippen LogP contribution in [0.3, 0.4) is 0 Å². The molecule has 106 valence electrons. The fourth-order valence-electron chi connectivity index (χ4n) is 2.07. The van der Waals surface area contributed by atoms with Gasteiger partial charge in [-0.15, -0.1) is 22.9 Å². The van der Waals surface area contributed by atoms with Crippen LogP contribution in [0.1, 0.15) is 10.4 Å². The summed E-state index contributed by atoms with van der Waals surface area (Å²) >= 11 is 7.58. The lowest BCUT2D eigenvalue weighted by Gasteiger charge is -2.02. The average Bonchev–Trinajstić information content (AvgIpc) is 2.95. The first-order chi connectivity index (χ1) is 10.2. The van der Waals surface area contributed by atoms with Crippen molar-refractivity contribution in [2.75, 3.05) is 0 Å². The molecule has 0 bridgehead atoms. The molecule has 0 saturated carbocycles. The quantitative estimate of drug-likeness (QED) is 0.631. The first-order valence-corrected chi connectivity index (χ1v) is 7.76. The van der Waals surface area contributed by atoms with Crippen molar-refractivity contribution in [1.29, 1.82) is 0 Å². The highest BCUT2D eigenvalue weighted by atomic mass is 35.5. The van der Waals surface area contributed by atoms with E-state index in [1.807, 2.05) is 12.1 Å². The van der Waals surface area contributed by atoms with Gasteiger partial charge in [-0.05, 0) is 42.8 Å². The molecule has 0 radical (unpaired) electrons. The maximum Gasteiger partial charge on any atom is 0.126 e. The Morgan fingerprint density at radius 1 is 1.24 bits per heavy atom. The molecule has 0 spiro atoms. The number of rotatable bonds is 3. The molecule has 0 atom stereocenters. The van der Waals surface area contributed by atoms with Gasteiger partial charge in [0, 0.05) is 28.4 Å². The molecule has 0 N–H and O–H groups in total. The highest BCUT2D eigenvalue weighted by Gasteiger charge is 2.14. The van der Waals surface area contributed by atoms with Gasteiger partial charge in [0.2, 0.25) is 0 Å². The summed E-state index contributed by atoms with van der Waals surface area (Å²) in [6.07, 6.45) is 3.50. The van der Waals surface area contributed by atoms with E-state index < -0.39 is 0 Å². The van der Waals surface area contributed by atoms with Gasteiger partial charge in [-0.3, -0.25) is 4.98 Å². The molecule has 3 rings (SSSR count). The van der Waals surface area contributed by atoms with E-state index in [0.29, 0.717) is 11.4 Å². The summed E-state index contributed by atoms with van der Waals surface area (Å²) in [5.41, 5.74) is 3.26. The summed E-state index contributed by atoms with van der Waals surface area (Å²) in [7, 11) is 0. The van der Waals surface area contributed by atoms with Gasteiger partial charge in [0.25, 0.3) is 0 Å². The molecule has 0 unspecified atom stereocenters. The monoisotopic (exact) mass is 318 g/mol. The van der Waals surface area contributed by atoms with Gasteiger partial charge in [0.05, 0.1) is 11.6 Å². The van der Waals surface area contributed by atoms with Crippen molar-refractivity contribution in [2.45, 2.75) is 12.8 Å². The molecule has 2 nitrogen and oxygen atoms in total. The van der Waals surface area contributed by atoms with Crippen molar-refractivity contribution in [2.24, 2.45) is 0 Å². The molecule has 2 aromatic heterocycles. The van der Waals surface area contributed by atoms with Gasteiger partial charge in [0.1, 0.15) is 10.8 Å². The van der Waals surface area contributed by atoms with Crippen molar-refractivity contribution < 1.29 is 4.39 Å². The molecule has 0 aliphatic heterocycles. The van der Waals surface area contributed by atoms with Gasteiger partial charge >= 0.3 is 0 Å². The van der Waals surface area contributed by atoms with Crippen LogP contribution in [0.4, 0.5) is 4.39 Å². The summed E-state index contributed by atoms with van der Waals surface area (Å²) in [4.78, 5) is 9.75. The molecule has 21 heavy (non-hydrogen) atoms. The molecule has 3 aromatic rings. The van der Waals surface area contributed by atoms with Crippen molar-refractivity contribution >= 4 is 22.9 Å². The summed E-state index contributed by atoms with van der Waals surface area (Å²) in [6, 6.07) is 8.84. The van der Waals surface area contributed by atoms with Crippen LogP contribution in [0.5, 0.6) is 0 Å². The Balaban J connectivity index is 2.10. The maximum atomic E-state index is 13.4. The summed E-state index contributed by atoms with van der Waals surface area (Å²) in [5.74, 6) is 0.165. The normalized spacial score (nSPS) is 10.8. The molecule has 1 aromatic carbocycles. The first kappa shape index (κ1) is 14.2. The second-order valence-electron chi connectivity index (χ2n) is 4.63. The second-order valence-corrected chi connectivity index (χ2v) is 5.98. The summed E-state index contributed by atoms with van der Waals surface area (Å²) in [5, 5.41) is 0.871. The van der Waals surface area contributed by atoms with Crippen LogP contribution >= 0.6 is 22.9 Å². The van der Waals surface area contributed by atoms with E-state index in [4.69, 9.17) is 11.6 Å². The highest BCUT2D eigenvalue weighted by Crippen LogP contribution is 2.35. The van der Waals surface area contributed by atoms with Crippen LogP contribution in [0, 0.1) is 12.7 Å². The Morgan fingerprint density at radius 2 is 2.10 bits per heavy atom. The number of hydrogen-bond donors (Lipinski definition) is 0. The minimum Gasteiger partial charge on any atom is -0.264 e. The predicted molar refractivity (Wildman–Crippen MR) is 85.0 cm³/mol. The lowest BCUT2D eigenvalue weighted by atomic mass is 10.1. The topological polar surface area (TPSA) is 25.8 Å². The Hall–Kier alpha value is -1.78. The molecule has 2 heterocycles. The van der Waals surface area contributed by atoms with Crippen molar-refractivity contribution in [3.05, 3.63) is 59.0 Å². The first-order valence-electron chi connectivity index (χ1n) is 6.41. The van der Waals surface area contributed by atoms with E-state index >= 15 is 0 Å². The van der Waals surface area contributed by atoms with Gasteiger partial charge in [-0.1, -0.05) is 0 Å². The van der Waals surface area contributed by atoms with Crippen LogP contribution in [0.25, 0.3) is 21.8 Å². The summed E-state index contributed by atoms with van der Waals surface area (Å²) in [6.45, 7) is 1.74. The maximum absolute atomic E-state index is 13.4. The fraction of sp³-hybridized carbons (Fsp3) is 0.125. The smallest absolute Gasteiger partial charge is 0.126 e. The third-order valence-electron chi connectivity index (χ3n) is 3.16. The van der Waals surface area contributed by atoms with Gasteiger partial charge in [-0.2, -0.15) is 0 Å². The zero-order valence-corrected chi connectivity index (χ0v) is 12.9. The molecule has 5 heteroatoms. The number of aromatic nitrogens is 2. The largest absolute Gasteiger partial charge is 0.264 e. The number of hydrogen-bond acceptors (Lipinski definition) is 3. The van der Waals surface area contributed by atoms with E-state index in [2.05, 4.69) is 9.97 Å². The zero-order valence-electron chi connectivity index (χ0n) is 11.3. The summed E-state index contributed by atoms with van der Waals surface area (Å²) < 4.78 is 13.4. The van der Waals surface area contributed by atoms with Crippen LogP contribution in [0.2, 0.25) is 0 Å². The van der Waals surface area contributed by atoms with E-state index in [0.717, 1.165) is 26.7 Å². The molecular weight excluding hydrogens is 307 g/mol. The van der Waals surface area contributed by atoms with Crippen LogP contribution in [-0.4, -0.2) is 9.97 Å². The number of pyridine rings is 1. The molecular formula is C16H12ClFN2S. The third-order valence-corrected chi connectivity index (χ3v) is 4.69. The third kappa shape index (κ3) is 2.82. The Kier molecular flexibility index (Phi) is 3.99. The van der Waals surface area contributed by atoms with Gasteiger partial charge in [-0.25, -0.2) is 9.37 Å². The molecule has 0 aliphatic carbocycles. The number of thiazole rings is 1. The zero-order chi connectivity index (χ0) is 14.8. The van der Waals surface area contributed by atoms with Crippen LogP contribution in [-0.2, 0) is 5.88 Å². The van der Waals surface area contributed by atoms with Crippen molar-refractivity contribution in [3.63, 3.8) is 0 Å². The lowest BCUT2D eigenvalue weighted by molar-refractivity contribution is 0.619. The van der Waals surface area contributed by atoms with Crippen LogP contribution < -0.4 is 0 Å². The Labute approximate surface area is 131 Å². The molecule has 0 saturated heterocycles. The van der Waals surface area contributed by atoms with E-state index in [9.17, 15) is 4.39 Å². The highest BCUT2D eigenvalue weighted by molar-refractivity contribution is 7.15. The molecule has 0 aliphatic rings. The van der Waals surface area contributed by atoms with E-state index in [1.165, 1.54) is 6.07 Å². The second kappa shape index (κ2) is 5.92. The molecule has 0 amide bonds. The average molecular weight is 319 g/mol. The SMILES string of the molecule is Cc1cc(-c2nc(-c3cccnc3)sc2CCl)ccc1F. The number of aryl methyl sites for hydroxylation is 1. The lowest BCUT2D eigenvalue weighted by Crippen LogP contribution is -1.87. The van der Waals surface area contributed by atoms with Crippen LogP contribution in [0.15, 0.2) is 42.7 Å².